The zero-order valence-corrected chi connectivity index (χ0v) is 14.1. The molecule has 3 heterocycles. The maximum Gasteiger partial charge on any atom is 0.410 e. The normalized spacial score (nSPS) is 14.7. The van der Waals surface area contributed by atoms with Gasteiger partial charge in [0.05, 0.1) is 23.7 Å². The third-order valence-electron chi connectivity index (χ3n) is 3.89. The molecule has 7 heteroatoms. The maximum atomic E-state index is 11.9. The molecule has 2 aromatic rings. The van der Waals surface area contributed by atoms with Crippen LogP contribution in [0.1, 0.15) is 31.7 Å². The molecule has 0 aromatic carbocycles. The van der Waals surface area contributed by atoms with Crippen molar-refractivity contribution in [1.29, 1.82) is 0 Å². The molecule has 0 saturated heterocycles. The van der Waals surface area contributed by atoms with Crippen LogP contribution in [0.4, 0.5) is 4.79 Å². The number of hydrogen-bond acceptors (Lipinski definition) is 5. The minimum atomic E-state index is -0.268. The predicted octanol–water partition coefficient (Wildman–Crippen LogP) is 2.60. The average molecular weight is 327 g/mol. The van der Waals surface area contributed by atoms with Crippen molar-refractivity contribution in [3.05, 3.63) is 42.0 Å². The largest absolute Gasteiger partial charge is 0.447 e. The van der Waals surface area contributed by atoms with Gasteiger partial charge in [-0.3, -0.25) is 4.98 Å². The highest BCUT2D eigenvalue weighted by atomic mass is 16.6. The van der Waals surface area contributed by atoms with Crippen LogP contribution in [0, 0.1) is 6.92 Å². The number of carbonyl (C=O) groups excluding carboxylic acids is 1. The molecule has 0 unspecified atom stereocenters. The van der Waals surface area contributed by atoms with Crippen LogP contribution in [0.25, 0.3) is 11.3 Å². The standard InChI is InChI=1S/C17H21N5O2/c1-12(2)24-17(23)21-9-6-14(7-10-21)16-13(3)22(20-19-16)15-5-4-8-18-11-15/h4-6,8,11-12H,7,9-10H2,1-3H3. The summed E-state index contributed by atoms with van der Waals surface area (Å²) in [5, 5.41) is 8.55. The van der Waals surface area contributed by atoms with E-state index in [1.807, 2.05) is 39.0 Å². The molecule has 24 heavy (non-hydrogen) atoms. The molecule has 0 bridgehead atoms. The number of ether oxygens (including phenoxy) is 1. The molecule has 0 fully saturated rings. The van der Waals surface area contributed by atoms with Crippen LogP contribution in [0.5, 0.6) is 0 Å². The number of aromatic nitrogens is 4. The lowest BCUT2D eigenvalue weighted by atomic mass is 10.0. The highest BCUT2D eigenvalue weighted by Gasteiger charge is 2.22. The first kappa shape index (κ1) is 16.2. The smallest absolute Gasteiger partial charge is 0.410 e. The van der Waals surface area contributed by atoms with Gasteiger partial charge in [0, 0.05) is 19.3 Å². The van der Waals surface area contributed by atoms with E-state index in [1.165, 1.54) is 0 Å². The van der Waals surface area contributed by atoms with Crippen LogP contribution in [-0.4, -0.2) is 50.2 Å². The Kier molecular flexibility index (Phi) is 4.59. The lowest BCUT2D eigenvalue weighted by Crippen LogP contribution is -2.36. The zero-order valence-electron chi connectivity index (χ0n) is 14.1. The van der Waals surface area contributed by atoms with Gasteiger partial charge in [0.25, 0.3) is 0 Å². The van der Waals surface area contributed by atoms with Gasteiger partial charge in [-0.15, -0.1) is 5.10 Å². The SMILES string of the molecule is Cc1c(C2=CCN(C(=O)OC(C)C)CC2)nnn1-c1cccnc1. The van der Waals surface area contributed by atoms with E-state index in [9.17, 15) is 4.79 Å². The summed E-state index contributed by atoms with van der Waals surface area (Å²) in [5.41, 5.74) is 3.83. The minimum absolute atomic E-state index is 0.107. The van der Waals surface area contributed by atoms with E-state index < -0.39 is 0 Å². The summed E-state index contributed by atoms with van der Waals surface area (Å²) in [6, 6.07) is 3.81. The predicted molar refractivity (Wildman–Crippen MR) is 89.7 cm³/mol. The third kappa shape index (κ3) is 3.29. The summed E-state index contributed by atoms with van der Waals surface area (Å²) < 4.78 is 7.02. The van der Waals surface area contributed by atoms with E-state index in [-0.39, 0.29) is 12.2 Å². The van der Waals surface area contributed by atoms with E-state index in [0.717, 1.165) is 29.1 Å². The zero-order chi connectivity index (χ0) is 17.1. The molecule has 0 radical (unpaired) electrons. The number of nitrogens with zero attached hydrogens (tertiary/aromatic N) is 5. The van der Waals surface area contributed by atoms with E-state index >= 15 is 0 Å². The van der Waals surface area contributed by atoms with Crippen molar-refractivity contribution in [3.8, 4) is 5.69 Å². The highest BCUT2D eigenvalue weighted by molar-refractivity contribution is 5.72. The molecule has 7 nitrogen and oxygen atoms in total. The van der Waals surface area contributed by atoms with Gasteiger partial charge in [0.1, 0.15) is 5.69 Å². The lowest BCUT2D eigenvalue weighted by Gasteiger charge is -2.26. The molecular weight excluding hydrogens is 306 g/mol. The number of rotatable bonds is 3. The molecule has 1 aliphatic heterocycles. The van der Waals surface area contributed by atoms with Crippen LogP contribution in [0.2, 0.25) is 0 Å². The first-order chi connectivity index (χ1) is 11.6. The van der Waals surface area contributed by atoms with Crippen molar-refractivity contribution < 1.29 is 9.53 Å². The first-order valence-corrected chi connectivity index (χ1v) is 8.04. The Hall–Kier alpha value is -2.70. The van der Waals surface area contributed by atoms with Gasteiger partial charge in [-0.25, -0.2) is 9.48 Å². The van der Waals surface area contributed by atoms with Crippen molar-refractivity contribution in [2.75, 3.05) is 13.1 Å². The van der Waals surface area contributed by atoms with E-state index in [1.54, 1.807) is 22.0 Å². The molecule has 0 spiro atoms. The third-order valence-corrected chi connectivity index (χ3v) is 3.89. The molecular formula is C17H21N5O2. The van der Waals surface area contributed by atoms with Gasteiger partial charge in [-0.2, -0.15) is 0 Å². The fourth-order valence-corrected chi connectivity index (χ4v) is 2.68. The second kappa shape index (κ2) is 6.82. The van der Waals surface area contributed by atoms with Crippen LogP contribution in [-0.2, 0) is 4.74 Å². The van der Waals surface area contributed by atoms with Crippen LogP contribution in [0.3, 0.4) is 0 Å². The first-order valence-electron chi connectivity index (χ1n) is 8.04. The molecule has 0 aliphatic carbocycles. The molecule has 0 atom stereocenters. The van der Waals surface area contributed by atoms with E-state index in [0.29, 0.717) is 13.1 Å². The van der Waals surface area contributed by atoms with Crippen LogP contribution < -0.4 is 0 Å². The Morgan fingerprint density at radius 3 is 2.83 bits per heavy atom. The van der Waals surface area contributed by atoms with Gasteiger partial charge in [-0.1, -0.05) is 11.3 Å². The summed E-state index contributed by atoms with van der Waals surface area (Å²) in [7, 11) is 0. The Labute approximate surface area is 140 Å². The fourth-order valence-electron chi connectivity index (χ4n) is 2.68. The molecule has 0 N–H and O–H groups in total. The molecule has 126 valence electrons. The lowest BCUT2D eigenvalue weighted by molar-refractivity contribution is 0.0799. The second-order valence-electron chi connectivity index (χ2n) is 6.00. The Bertz CT molecular complexity index is 752. The Morgan fingerprint density at radius 2 is 2.21 bits per heavy atom. The van der Waals surface area contributed by atoms with Gasteiger partial charge in [0.15, 0.2) is 0 Å². The molecule has 2 aromatic heterocycles. The number of amides is 1. The summed E-state index contributed by atoms with van der Waals surface area (Å²) in [5.74, 6) is 0. The topological polar surface area (TPSA) is 73.1 Å². The van der Waals surface area contributed by atoms with Crippen molar-refractivity contribution in [1.82, 2.24) is 24.9 Å². The van der Waals surface area contributed by atoms with Gasteiger partial charge in [0.2, 0.25) is 0 Å². The van der Waals surface area contributed by atoms with Crippen LogP contribution in [0.15, 0.2) is 30.6 Å². The minimum Gasteiger partial charge on any atom is -0.447 e. The van der Waals surface area contributed by atoms with Crippen molar-refractivity contribution in [2.24, 2.45) is 0 Å². The number of pyridine rings is 1. The monoisotopic (exact) mass is 327 g/mol. The summed E-state index contributed by atoms with van der Waals surface area (Å²) in [6.45, 7) is 6.84. The van der Waals surface area contributed by atoms with Gasteiger partial charge >= 0.3 is 6.09 Å². The van der Waals surface area contributed by atoms with Crippen LogP contribution >= 0.6 is 0 Å². The quantitative estimate of drug-likeness (QED) is 0.866. The van der Waals surface area contributed by atoms with Crippen molar-refractivity contribution in [3.63, 3.8) is 0 Å². The molecule has 0 saturated carbocycles. The van der Waals surface area contributed by atoms with Crippen molar-refractivity contribution in [2.45, 2.75) is 33.3 Å². The Morgan fingerprint density at radius 1 is 1.38 bits per heavy atom. The average Bonchev–Trinajstić information content (AvgIpc) is 2.97. The van der Waals surface area contributed by atoms with E-state index in [4.69, 9.17) is 4.74 Å². The van der Waals surface area contributed by atoms with Gasteiger partial charge in [-0.05, 0) is 44.9 Å². The number of carbonyl (C=O) groups is 1. The highest BCUT2D eigenvalue weighted by Crippen LogP contribution is 2.24. The van der Waals surface area contributed by atoms with Crippen molar-refractivity contribution >= 4 is 11.7 Å². The Balaban J connectivity index is 1.76. The molecule has 3 rings (SSSR count). The molecule has 1 amide bonds. The van der Waals surface area contributed by atoms with E-state index in [2.05, 4.69) is 15.3 Å². The number of hydrogen-bond donors (Lipinski definition) is 0. The maximum absolute atomic E-state index is 11.9. The second-order valence-corrected chi connectivity index (χ2v) is 6.00. The van der Waals surface area contributed by atoms with Gasteiger partial charge < -0.3 is 9.64 Å². The fraction of sp³-hybridized carbons (Fsp3) is 0.412. The molecule has 1 aliphatic rings. The summed E-state index contributed by atoms with van der Waals surface area (Å²) in [4.78, 5) is 17.8. The summed E-state index contributed by atoms with van der Waals surface area (Å²) in [6.07, 6.45) is 5.87. The summed E-state index contributed by atoms with van der Waals surface area (Å²) >= 11 is 0.